The van der Waals surface area contributed by atoms with Crippen LogP contribution in [0.4, 0.5) is 0 Å². The van der Waals surface area contributed by atoms with Gasteiger partial charge in [0.15, 0.2) is 0 Å². The molecule has 0 bridgehead atoms. The number of fused-ring (bicyclic) bond motifs is 1. The molecular formula is C12H13N5. The lowest BCUT2D eigenvalue weighted by Gasteiger charge is -1.95. The van der Waals surface area contributed by atoms with Crippen LogP contribution in [0.3, 0.4) is 0 Å². The van der Waals surface area contributed by atoms with Crippen LogP contribution in [0, 0.1) is 6.92 Å². The van der Waals surface area contributed by atoms with Gasteiger partial charge in [-0.1, -0.05) is 6.07 Å². The summed E-state index contributed by atoms with van der Waals surface area (Å²) in [7, 11) is 0. The van der Waals surface area contributed by atoms with E-state index in [1.54, 1.807) is 0 Å². The van der Waals surface area contributed by atoms with Gasteiger partial charge in [-0.15, -0.1) is 0 Å². The number of hydrogen-bond acceptors (Lipinski definition) is 3. The number of nitrogens with one attached hydrogen (secondary N) is 2. The third-order valence-corrected chi connectivity index (χ3v) is 2.75. The van der Waals surface area contributed by atoms with Gasteiger partial charge in [0.25, 0.3) is 0 Å². The van der Waals surface area contributed by atoms with Crippen molar-refractivity contribution in [2.45, 2.75) is 13.5 Å². The second kappa shape index (κ2) is 3.71. The summed E-state index contributed by atoms with van der Waals surface area (Å²) in [5.41, 5.74) is 10.4. The average Bonchev–Trinajstić information content (AvgIpc) is 2.92. The molecule has 0 atom stereocenters. The number of aromatic amines is 2. The molecule has 5 heteroatoms. The highest BCUT2D eigenvalue weighted by molar-refractivity contribution is 5.81. The van der Waals surface area contributed by atoms with Crippen molar-refractivity contribution in [2.75, 3.05) is 0 Å². The molecule has 1 aromatic carbocycles. The van der Waals surface area contributed by atoms with E-state index >= 15 is 0 Å². The molecule has 0 saturated heterocycles. The van der Waals surface area contributed by atoms with Gasteiger partial charge in [0.1, 0.15) is 5.82 Å². The number of rotatable bonds is 2. The third-order valence-electron chi connectivity index (χ3n) is 2.75. The molecule has 3 aromatic rings. The third kappa shape index (κ3) is 1.70. The highest BCUT2D eigenvalue weighted by atomic mass is 15.1. The Bertz CT molecular complexity index is 664. The maximum absolute atomic E-state index is 5.55. The Morgan fingerprint density at radius 2 is 2.18 bits per heavy atom. The Morgan fingerprint density at radius 3 is 2.94 bits per heavy atom. The minimum Gasteiger partial charge on any atom is -0.342 e. The first kappa shape index (κ1) is 10.0. The molecule has 0 aliphatic carbocycles. The second-order valence-electron chi connectivity index (χ2n) is 4.04. The van der Waals surface area contributed by atoms with Gasteiger partial charge in [0.2, 0.25) is 0 Å². The molecule has 2 heterocycles. The summed E-state index contributed by atoms with van der Waals surface area (Å²) in [4.78, 5) is 7.58. The van der Waals surface area contributed by atoms with Crippen LogP contribution in [-0.4, -0.2) is 20.2 Å². The number of benzene rings is 1. The average molecular weight is 227 g/mol. The lowest BCUT2D eigenvalue weighted by Crippen LogP contribution is -1.95. The molecule has 0 aliphatic heterocycles. The molecule has 5 nitrogen and oxygen atoms in total. The smallest absolute Gasteiger partial charge is 0.104 e. The van der Waals surface area contributed by atoms with Crippen molar-refractivity contribution in [3.63, 3.8) is 0 Å². The standard InChI is InChI=1S/C12H13N5/c1-7-14-10-3-2-8(4-12(10)15-7)11-5-9(6-13)16-17-11/h2-5H,6,13H2,1H3,(H,14,15)(H,16,17). The van der Waals surface area contributed by atoms with Gasteiger partial charge in [-0.25, -0.2) is 4.98 Å². The minimum absolute atomic E-state index is 0.471. The molecule has 0 saturated carbocycles. The summed E-state index contributed by atoms with van der Waals surface area (Å²) < 4.78 is 0. The van der Waals surface area contributed by atoms with Gasteiger partial charge in [-0.2, -0.15) is 5.10 Å². The molecule has 3 rings (SSSR count). The van der Waals surface area contributed by atoms with Gasteiger partial charge >= 0.3 is 0 Å². The molecule has 4 N–H and O–H groups in total. The van der Waals surface area contributed by atoms with Gasteiger partial charge in [0.05, 0.1) is 16.7 Å². The Morgan fingerprint density at radius 1 is 1.29 bits per heavy atom. The van der Waals surface area contributed by atoms with Crippen molar-refractivity contribution in [3.05, 3.63) is 35.8 Å². The summed E-state index contributed by atoms with van der Waals surface area (Å²) in [6.45, 7) is 2.42. The van der Waals surface area contributed by atoms with Gasteiger partial charge in [-0.05, 0) is 25.1 Å². The van der Waals surface area contributed by atoms with E-state index in [-0.39, 0.29) is 0 Å². The van der Waals surface area contributed by atoms with Crippen molar-refractivity contribution in [3.8, 4) is 11.3 Å². The highest BCUT2D eigenvalue weighted by Crippen LogP contribution is 2.22. The molecule has 0 spiro atoms. The van der Waals surface area contributed by atoms with E-state index in [9.17, 15) is 0 Å². The van der Waals surface area contributed by atoms with Crippen molar-refractivity contribution >= 4 is 11.0 Å². The summed E-state index contributed by atoms with van der Waals surface area (Å²) >= 11 is 0. The van der Waals surface area contributed by atoms with Gasteiger partial charge in [-0.3, -0.25) is 5.10 Å². The Kier molecular flexibility index (Phi) is 2.19. The lowest BCUT2D eigenvalue weighted by molar-refractivity contribution is 0.948. The predicted molar refractivity (Wildman–Crippen MR) is 66.3 cm³/mol. The second-order valence-corrected chi connectivity index (χ2v) is 4.04. The number of aryl methyl sites for hydroxylation is 1. The fourth-order valence-corrected chi connectivity index (χ4v) is 1.91. The topological polar surface area (TPSA) is 83.4 Å². The fourth-order valence-electron chi connectivity index (χ4n) is 1.91. The predicted octanol–water partition coefficient (Wildman–Crippen LogP) is 1.72. The summed E-state index contributed by atoms with van der Waals surface area (Å²) in [5.74, 6) is 0.918. The summed E-state index contributed by atoms with van der Waals surface area (Å²) in [6.07, 6.45) is 0. The highest BCUT2D eigenvalue weighted by Gasteiger charge is 2.05. The zero-order chi connectivity index (χ0) is 11.8. The van der Waals surface area contributed by atoms with Crippen LogP contribution in [0.15, 0.2) is 24.3 Å². The van der Waals surface area contributed by atoms with E-state index < -0.39 is 0 Å². The molecule has 0 radical (unpaired) electrons. The van der Waals surface area contributed by atoms with Crippen LogP contribution in [-0.2, 0) is 6.54 Å². The van der Waals surface area contributed by atoms with Crippen LogP contribution in [0.1, 0.15) is 11.5 Å². The van der Waals surface area contributed by atoms with Crippen molar-refractivity contribution in [1.29, 1.82) is 0 Å². The minimum atomic E-state index is 0.471. The largest absolute Gasteiger partial charge is 0.342 e. The lowest BCUT2D eigenvalue weighted by atomic mass is 10.1. The molecule has 0 amide bonds. The van der Waals surface area contributed by atoms with Crippen molar-refractivity contribution in [2.24, 2.45) is 5.73 Å². The van der Waals surface area contributed by atoms with E-state index in [0.717, 1.165) is 33.8 Å². The SMILES string of the molecule is Cc1nc2ccc(-c3cc(CN)[nH]n3)cc2[nH]1. The Balaban J connectivity index is 2.10. The van der Waals surface area contributed by atoms with E-state index in [2.05, 4.69) is 20.2 Å². The number of imidazole rings is 1. The van der Waals surface area contributed by atoms with Crippen molar-refractivity contribution in [1.82, 2.24) is 20.2 Å². The molecular weight excluding hydrogens is 214 g/mol. The number of H-pyrrole nitrogens is 2. The first-order valence-corrected chi connectivity index (χ1v) is 5.47. The first-order chi connectivity index (χ1) is 8.26. The number of nitrogens with two attached hydrogens (primary N) is 1. The Hall–Kier alpha value is -2.14. The zero-order valence-electron chi connectivity index (χ0n) is 9.49. The quantitative estimate of drug-likeness (QED) is 0.623. The summed E-state index contributed by atoms with van der Waals surface area (Å²) in [5, 5.41) is 7.14. The molecule has 0 unspecified atom stereocenters. The van der Waals surface area contributed by atoms with E-state index in [0.29, 0.717) is 6.54 Å². The van der Waals surface area contributed by atoms with E-state index in [1.165, 1.54) is 0 Å². The normalized spacial score (nSPS) is 11.2. The molecule has 2 aromatic heterocycles. The van der Waals surface area contributed by atoms with Crippen LogP contribution >= 0.6 is 0 Å². The Labute approximate surface area is 98.1 Å². The van der Waals surface area contributed by atoms with Crippen LogP contribution < -0.4 is 5.73 Å². The van der Waals surface area contributed by atoms with Crippen molar-refractivity contribution < 1.29 is 0 Å². The van der Waals surface area contributed by atoms with Crippen LogP contribution in [0.2, 0.25) is 0 Å². The van der Waals surface area contributed by atoms with E-state index in [1.807, 2.05) is 31.2 Å². The molecule has 86 valence electrons. The zero-order valence-corrected chi connectivity index (χ0v) is 9.49. The maximum atomic E-state index is 5.55. The first-order valence-electron chi connectivity index (χ1n) is 5.47. The summed E-state index contributed by atoms with van der Waals surface area (Å²) in [6, 6.07) is 8.01. The molecule has 0 fully saturated rings. The van der Waals surface area contributed by atoms with Gasteiger partial charge in [0, 0.05) is 17.8 Å². The maximum Gasteiger partial charge on any atom is 0.104 e. The number of nitrogens with zero attached hydrogens (tertiary/aromatic N) is 2. The monoisotopic (exact) mass is 227 g/mol. The van der Waals surface area contributed by atoms with Crippen LogP contribution in [0.5, 0.6) is 0 Å². The number of aromatic nitrogens is 4. The molecule has 0 aliphatic rings. The van der Waals surface area contributed by atoms with E-state index in [4.69, 9.17) is 5.73 Å². The number of hydrogen-bond donors (Lipinski definition) is 3. The fraction of sp³-hybridized carbons (Fsp3) is 0.167. The molecule has 17 heavy (non-hydrogen) atoms. The van der Waals surface area contributed by atoms with Gasteiger partial charge < -0.3 is 10.7 Å². The van der Waals surface area contributed by atoms with Crippen LogP contribution in [0.25, 0.3) is 22.3 Å².